The Morgan fingerprint density at radius 3 is 2.50 bits per heavy atom. The molecule has 0 fully saturated rings. The summed E-state index contributed by atoms with van der Waals surface area (Å²) in [7, 11) is 0. The molecule has 0 aliphatic rings. The second kappa shape index (κ2) is 7.05. The van der Waals surface area contributed by atoms with Gasteiger partial charge in [0.1, 0.15) is 11.2 Å². The third kappa shape index (κ3) is 3.85. The van der Waals surface area contributed by atoms with E-state index in [4.69, 9.17) is 4.74 Å². The third-order valence-corrected chi connectivity index (χ3v) is 3.87. The quantitative estimate of drug-likeness (QED) is 0.743. The lowest BCUT2D eigenvalue weighted by atomic mass is 10.2. The van der Waals surface area contributed by atoms with Gasteiger partial charge >= 0.3 is 0 Å². The summed E-state index contributed by atoms with van der Waals surface area (Å²) in [5.41, 5.74) is 1.28. The summed E-state index contributed by atoms with van der Waals surface area (Å²) >= 11 is 1.48. The largest absolute Gasteiger partial charge is 0.467 e. The zero-order chi connectivity index (χ0) is 16.9. The topological polar surface area (TPSA) is 93.2 Å². The molecule has 24 heavy (non-hydrogen) atoms. The molecule has 0 spiro atoms. The molecular formula is C16H14N4O3S. The minimum absolute atomic E-state index is 0.148. The molecule has 0 radical (unpaired) electrons. The number of amides is 2. The summed E-state index contributed by atoms with van der Waals surface area (Å²) in [6.45, 7) is 1.28. The fourth-order valence-electron chi connectivity index (χ4n) is 2.05. The molecule has 0 unspecified atom stereocenters. The number of hydrogen-bond donors (Lipinski definition) is 2. The highest BCUT2D eigenvalue weighted by Gasteiger charge is 2.09. The molecule has 1 aromatic carbocycles. The highest BCUT2D eigenvalue weighted by molar-refractivity contribution is 7.16. The molecule has 2 amide bonds. The lowest BCUT2D eigenvalue weighted by Crippen LogP contribution is -2.20. The molecule has 0 saturated heterocycles. The van der Waals surface area contributed by atoms with Gasteiger partial charge in [0.05, 0.1) is 5.39 Å². The van der Waals surface area contributed by atoms with Gasteiger partial charge in [-0.25, -0.2) is 9.97 Å². The fourth-order valence-corrected chi connectivity index (χ4v) is 2.78. The highest BCUT2D eigenvalue weighted by Crippen LogP contribution is 2.25. The number of anilines is 2. The Hall–Kier alpha value is -3.00. The van der Waals surface area contributed by atoms with E-state index in [1.165, 1.54) is 24.6 Å². The molecule has 2 aromatic heterocycles. The van der Waals surface area contributed by atoms with Gasteiger partial charge in [-0.15, -0.1) is 11.3 Å². The predicted octanol–water partition coefficient (Wildman–Crippen LogP) is 2.67. The van der Waals surface area contributed by atoms with E-state index >= 15 is 0 Å². The number of rotatable bonds is 5. The number of thiophene rings is 1. The van der Waals surface area contributed by atoms with E-state index in [2.05, 4.69) is 20.6 Å². The van der Waals surface area contributed by atoms with Crippen LogP contribution in [-0.4, -0.2) is 28.4 Å². The van der Waals surface area contributed by atoms with Crippen LogP contribution in [0.4, 0.5) is 11.4 Å². The minimum Gasteiger partial charge on any atom is -0.467 e. The van der Waals surface area contributed by atoms with E-state index in [0.29, 0.717) is 17.3 Å². The summed E-state index contributed by atoms with van der Waals surface area (Å²) in [5, 5.41) is 8.05. The summed E-state index contributed by atoms with van der Waals surface area (Å²) in [6.07, 6.45) is 1.41. The van der Waals surface area contributed by atoms with Crippen molar-refractivity contribution < 1.29 is 14.3 Å². The van der Waals surface area contributed by atoms with Gasteiger partial charge in [-0.1, -0.05) is 0 Å². The van der Waals surface area contributed by atoms with E-state index in [9.17, 15) is 9.59 Å². The lowest BCUT2D eigenvalue weighted by molar-refractivity contribution is -0.118. The molecule has 2 heterocycles. The van der Waals surface area contributed by atoms with Gasteiger partial charge in [0.2, 0.25) is 11.8 Å². The van der Waals surface area contributed by atoms with Crippen molar-refractivity contribution >= 4 is 44.7 Å². The Morgan fingerprint density at radius 1 is 1.08 bits per heavy atom. The Balaban J connectivity index is 1.57. The van der Waals surface area contributed by atoms with Crippen LogP contribution >= 0.6 is 11.3 Å². The minimum atomic E-state index is -0.302. The first-order chi connectivity index (χ1) is 11.6. The van der Waals surface area contributed by atoms with Crippen molar-refractivity contribution in [3.8, 4) is 5.88 Å². The van der Waals surface area contributed by atoms with Crippen LogP contribution in [0.15, 0.2) is 42.0 Å². The first-order valence-electron chi connectivity index (χ1n) is 7.10. The molecule has 0 aliphatic carbocycles. The molecule has 7 nitrogen and oxygen atoms in total. The van der Waals surface area contributed by atoms with E-state index in [1.807, 2.05) is 11.4 Å². The van der Waals surface area contributed by atoms with E-state index < -0.39 is 0 Å². The molecule has 0 bridgehead atoms. The maximum Gasteiger partial charge on any atom is 0.262 e. The predicted molar refractivity (Wildman–Crippen MR) is 92.3 cm³/mol. The standard InChI is InChI=1S/C16H14N4O3S/c1-10(21)19-11-2-4-12(5-3-11)20-14(22)8-23-15-13-6-7-24-16(13)18-9-17-15/h2-7,9H,8H2,1H3,(H,19,21)(H,20,22). The van der Waals surface area contributed by atoms with Crippen molar-refractivity contribution in [3.05, 3.63) is 42.0 Å². The zero-order valence-electron chi connectivity index (χ0n) is 12.8. The lowest BCUT2D eigenvalue weighted by Gasteiger charge is -2.08. The van der Waals surface area contributed by atoms with E-state index in [0.717, 1.165) is 10.2 Å². The number of carbonyl (C=O) groups is 2. The summed E-state index contributed by atoms with van der Waals surface area (Å²) < 4.78 is 5.47. The third-order valence-electron chi connectivity index (χ3n) is 3.05. The average Bonchev–Trinajstić information content (AvgIpc) is 3.03. The van der Waals surface area contributed by atoms with Gasteiger partial charge in [0, 0.05) is 18.3 Å². The Morgan fingerprint density at radius 2 is 1.79 bits per heavy atom. The van der Waals surface area contributed by atoms with Crippen LogP contribution in [0.25, 0.3) is 10.2 Å². The molecule has 8 heteroatoms. The van der Waals surface area contributed by atoms with E-state index in [1.54, 1.807) is 24.3 Å². The van der Waals surface area contributed by atoms with Crippen molar-refractivity contribution in [1.29, 1.82) is 0 Å². The number of benzene rings is 1. The Labute approximate surface area is 141 Å². The smallest absolute Gasteiger partial charge is 0.262 e. The van der Waals surface area contributed by atoms with Crippen LogP contribution < -0.4 is 15.4 Å². The molecule has 3 rings (SSSR count). The van der Waals surface area contributed by atoms with Gasteiger partial charge in [-0.3, -0.25) is 9.59 Å². The number of nitrogens with one attached hydrogen (secondary N) is 2. The second-order valence-corrected chi connectivity index (χ2v) is 5.81. The van der Waals surface area contributed by atoms with Gasteiger partial charge in [-0.2, -0.15) is 0 Å². The molecule has 0 aliphatic heterocycles. The number of carbonyl (C=O) groups excluding carboxylic acids is 2. The first-order valence-corrected chi connectivity index (χ1v) is 7.98. The van der Waals surface area contributed by atoms with Crippen LogP contribution in [0.5, 0.6) is 5.88 Å². The van der Waals surface area contributed by atoms with Gasteiger partial charge in [0.15, 0.2) is 6.61 Å². The summed E-state index contributed by atoms with van der Waals surface area (Å²) in [4.78, 5) is 31.9. The Bertz CT molecular complexity index is 876. The SMILES string of the molecule is CC(=O)Nc1ccc(NC(=O)COc2ncnc3sccc23)cc1. The molecule has 0 atom stereocenters. The van der Waals surface area contributed by atoms with Crippen LogP contribution in [0.3, 0.4) is 0 Å². The highest BCUT2D eigenvalue weighted by atomic mass is 32.1. The van der Waals surface area contributed by atoms with Crippen molar-refractivity contribution in [2.24, 2.45) is 0 Å². The number of nitrogens with zero attached hydrogens (tertiary/aromatic N) is 2. The number of hydrogen-bond acceptors (Lipinski definition) is 6. The van der Waals surface area contributed by atoms with Crippen molar-refractivity contribution in [2.75, 3.05) is 17.2 Å². The van der Waals surface area contributed by atoms with Crippen LogP contribution in [0, 0.1) is 0 Å². The molecule has 0 saturated carbocycles. The van der Waals surface area contributed by atoms with Crippen LogP contribution in [0.1, 0.15) is 6.92 Å². The van der Waals surface area contributed by atoms with Gasteiger partial charge in [0.25, 0.3) is 5.91 Å². The summed E-state index contributed by atoms with van der Waals surface area (Å²) in [5.74, 6) is -0.0635. The number of ether oxygens (including phenoxy) is 1. The zero-order valence-corrected chi connectivity index (χ0v) is 13.6. The Kier molecular flexibility index (Phi) is 4.66. The number of aromatic nitrogens is 2. The number of fused-ring (bicyclic) bond motifs is 1. The maximum atomic E-state index is 12.0. The van der Waals surface area contributed by atoms with Crippen LogP contribution in [0.2, 0.25) is 0 Å². The molecule has 3 aromatic rings. The van der Waals surface area contributed by atoms with Crippen LogP contribution in [-0.2, 0) is 9.59 Å². The monoisotopic (exact) mass is 342 g/mol. The summed E-state index contributed by atoms with van der Waals surface area (Å²) in [6, 6.07) is 8.66. The normalized spacial score (nSPS) is 10.4. The average molecular weight is 342 g/mol. The van der Waals surface area contributed by atoms with Crippen molar-refractivity contribution in [2.45, 2.75) is 6.92 Å². The van der Waals surface area contributed by atoms with Crippen molar-refractivity contribution in [3.63, 3.8) is 0 Å². The van der Waals surface area contributed by atoms with Crippen molar-refractivity contribution in [1.82, 2.24) is 9.97 Å². The molecule has 122 valence electrons. The second-order valence-electron chi connectivity index (χ2n) is 4.91. The van der Waals surface area contributed by atoms with Gasteiger partial charge in [-0.05, 0) is 35.7 Å². The maximum absolute atomic E-state index is 12.0. The first kappa shape index (κ1) is 15.9. The van der Waals surface area contributed by atoms with Gasteiger partial charge < -0.3 is 15.4 Å². The fraction of sp³-hybridized carbons (Fsp3) is 0.125. The van der Waals surface area contributed by atoms with E-state index in [-0.39, 0.29) is 18.4 Å². The molecular weight excluding hydrogens is 328 g/mol. The molecule has 2 N–H and O–H groups in total.